The molecule has 0 spiro atoms. The summed E-state index contributed by atoms with van der Waals surface area (Å²) in [6, 6.07) is 4.23. The van der Waals surface area contributed by atoms with Gasteiger partial charge >= 0.3 is 0 Å². The Morgan fingerprint density at radius 1 is 1.47 bits per heavy atom. The van der Waals surface area contributed by atoms with Gasteiger partial charge in [-0.15, -0.1) is 0 Å². The van der Waals surface area contributed by atoms with Crippen molar-refractivity contribution in [1.82, 2.24) is 20.8 Å². The molecule has 90 valence electrons. The summed E-state index contributed by atoms with van der Waals surface area (Å²) in [5.74, 6) is 2.57. The molecule has 2 N–H and O–H groups in total. The van der Waals surface area contributed by atoms with E-state index in [2.05, 4.69) is 20.8 Å². The molecule has 1 aliphatic rings. The van der Waals surface area contributed by atoms with E-state index < -0.39 is 0 Å². The Morgan fingerprint density at radius 2 is 2.35 bits per heavy atom. The Hall–Kier alpha value is -1.66. The van der Waals surface area contributed by atoms with E-state index in [1.54, 1.807) is 0 Å². The van der Waals surface area contributed by atoms with Gasteiger partial charge in [0, 0.05) is 19.1 Å². The minimum absolute atomic E-state index is 0.502. The van der Waals surface area contributed by atoms with Gasteiger partial charge in [-0.05, 0) is 19.1 Å². The lowest BCUT2D eigenvalue weighted by atomic mass is 10.2. The minimum atomic E-state index is 0.502. The first-order valence-electron chi connectivity index (χ1n) is 5.65. The summed E-state index contributed by atoms with van der Waals surface area (Å²) in [5, 5.41) is 10.4. The van der Waals surface area contributed by atoms with Gasteiger partial charge in [0.1, 0.15) is 5.76 Å². The highest BCUT2D eigenvalue weighted by Crippen LogP contribution is 2.18. The highest BCUT2D eigenvalue weighted by molar-refractivity contribution is 5.45. The average Bonchev–Trinajstić information content (AvgIpc) is 2.84. The number of hydrogen-bond donors (Lipinski definition) is 2. The maximum Gasteiger partial charge on any atom is 0.241 e. The summed E-state index contributed by atoms with van der Waals surface area (Å²) in [6.07, 6.45) is 0. The second-order valence-corrected chi connectivity index (χ2v) is 4.16. The first kappa shape index (κ1) is 10.5. The van der Waals surface area contributed by atoms with Gasteiger partial charge in [0.15, 0.2) is 5.76 Å². The van der Waals surface area contributed by atoms with Crippen molar-refractivity contribution in [3.05, 3.63) is 23.8 Å². The van der Waals surface area contributed by atoms with Crippen molar-refractivity contribution in [2.75, 3.05) is 13.1 Å². The highest BCUT2D eigenvalue weighted by Gasteiger charge is 2.17. The summed E-state index contributed by atoms with van der Waals surface area (Å²) in [6.45, 7) is 4.48. The number of hydrogen-bond acceptors (Lipinski definition) is 6. The lowest BCUT2D eigenvalue weighted by molar-refractivity contribution is 0.321. The van der Waals surface area contributed by atoms with Crippen LogP contribution in [0.5, 0.6) is 0 Å². The summed E-state index contributed by atoms with van der Waals surface area (Å²) in [7, 11) is 0. The maximum atomic E-state index is 5.43. The van der Waals surface area contributed by atoms with Gasteiger partial charge in [0.05, 0.1) is 6.54 Å². The second-order valence-electron chi connectivity index (χ2n) is 4.16. The van der Waals surface area contributed by atoms with E-state index >= 15 is 0 Å². The van der Waals surface area contributed by atoms with Crippen LogP contribution in [-0.4, -0.2) is 29.3 Å². The zero-order valence-corrected chi connectivity index (χ0v) is 9.56. The number of furan rings is 1. The standard InChI is InChI=1S/C11H14N4O2/c1-7-2-3-9(16-7)11-14-10(17-15-11)6-13-8-4-12-5-8/h2-3,8,12-13H,4-6H2,1H3. The Bertz CT molecular complexity index is 501. The summed E-state index contributed by atoms with van der Waals surface area (Å²) in [4.78, 5) is 4.27. The van der Waals surface area contributed by atoms with Gasteiger partial charge in [-0.3, -0.25) is 0 Å². The van der Waals surface area contributed by atoms with E-state index in [-0.39, 0.29) is 0 Å². The number of nitrogens with one attached hydrogen (secondary N) is 2. The van der Waals surface area contributed by atoms with Crippen LogP contribution in [0.2, 0.25) is 0 Å². The molecule has 0 atom stereocenters. The van der Waals surface area contributed by atoms with Crippen LogP contribution < -0.4 is 10.6 Å². The van der Waals surface area contributed by atoms with Gasteiger partial charge in [-0.25, -0.2) is 0 Å². The molecule has 0 saturated carbocycles. The fourth-order valence-electron chi connectivity index (χ4n) is 1.65. The third kappa shape index (κ3) is 2.22. The Labute approximate surface area is 98.4 Å². The first-order valence-corrected chi connectivity index (χ1v) is 5.65. The molecular weight excluding hydrogens is 220 g/mol. The second kappa shape index (κ2) is 4.31. The maximum absolute atomic E-state index is 5.43. The topological polar surface area (TPSA) is 76.1 Å². The van der Waals surface area contributed by atoms with Crippen LogP contribution in [0.25, 0.3) is 11.6 Å². The molecule has 1 aliphatic heterocycles. The molecule has 0 aromatic carbocycles. The number of aryl methyl sites for hydroxylation is 1. The van der Waals surface area contributed by atoms with E-state index in [1.807, 2.05) is 19.1 Å². The zero-order valence-electron chi connectivity index (χ0n) is 9.56. The third-order valence-corrected chi connectivity index (χ3v) is 2.75. The van der Waals surface area contributed by atoms with Crippen molar-refractivity contribution in [3.8, 4) is 11.6 Å². The third-order valence-electron chi connectivity index (χ3n) is 2.75. The van der Waals surface area contributed by atoms with Crippen LogP contribution in [0.1, 0.15) is 11.7 Å². The van der Waals surface area contributed by atoms with Crippen LogP contribution in [0, 0.1) is 6.92 Å². The number of nitrogens with zero attached hydrogens (tertiary/aromatic N) is 2. The number of aromatic nitrogens is 2. The van der Waals surface area contributed by atoms with Crippen LogP contribution in [0.3, 0.4) is 0 Å². The van der Waals surface area contributed by atoms with Crippen molar-refractivity contribution < 1.29 is 8.94 Å². The molecule has 0 unspecified atom stereocenters. The Morgan fingerprint density at radius 3 is 3.00 bits per heavy atom. The van der Waals surface area contributed by atoms with Crippen molar-refractivity contribution in [1.29, 1.82) is 0 Å². The molecule has 0 bridgehead atoms. The highest BCUT2D eigenvalue weighted by atomic mass is 16.5. The monoisotopic (exact) mass is 234 g/mol. The molecule has 17 heavy (non-hydrogen) atoms. The van der Waals surface area contributed by atoms with Crippen molar-refractivity contribution in [2.45, 2.75) is 19.5 Å². The van der Waals surface area contributed by atoms with Gasteiger partial charge < -0.3 is 19.6 Å². The lowest BCUT2D eigenvalue weighted by Crippen LogP contribution is -2.55. The van der Waals surface area contributed by atoms with Crippen LogP contribution in [0.4, 0.5) is 0 Å². The normalized spacial score (nSPS) is 16.1. The van der Waals surface area contributed by atoms with Crippen molar-refractivity contribution >= 4 is 0 Å². The smallest absolute Gasteiger partial charge is 0.241 e. The van der Waals surface area contributed by atoms with Gasteiger partial charge in [-0.1, -0.05) is 5.16 Å². The summed E-state index contributed by atoms with van der Waals surface area (Å²) in [5.41, 5.74) is 0. The van der Waals surface area contributed by atoms with Crippen molar-refractivity contribution in [2.24, 2.45) is 0 Å². The Balaban J connectivity index is 1.65. The molecule has 3 heterocycles. The van der Waals surface area contributed by atoms with E-state index in [0.29, 0.717) is 30.1 Å². The quantitative estimate of drug-likeness (QED) is 0.811. The van der Waals surface area contributed by atoms with E-state index in [4.69, 9.17) is 8.94 Å². The minimum Gasteiger partial charge on any atom is -0.458 e. The summed E-state index contributed by atoms with van der Waals surface area (Å²) >= 11 is 0. The van der Waals surface area contributed by atoms with E-state index in [9.17, 15) is 0 Å². The van der Waals surface area contributed by atoms with Crippen LogP contribution >= 0.6 is 0 Å². The van der Waals surface area contributed by atoms with Crippen LogP contribution in [0.15, 0.2) is 21.1 Å². The molecule has 2 aromatic heterocycles. The van der Waals surface area contributed by atoms with Gasteiger partial charge in [-0.2, -0.15) is 4.98 Å². The fourth-order valence-corrected chi connectivity index (χ4v) is 1.65. The van der Waals surface area contributed by atoms with Gasteiger partial charge in [0.25, 0.3) is 0 Å². The lowest BCUT2D eigenvalue weighted by Gasteiger charge is -2.27. The molecular formula is C11H14N4O2. The van der Waals surface area contributed by atoms with E-state index in [0.717, 1.165) is 18.8 Å². The average molecular weight is 234 g/mol. The molecule has 2 aromatic rings. The molecule has 6 heteroatoms. The molecule has 1 fully saturated rings. The van der Waals surface area contributed by atoms with Crippen LogP contribution in [-0.2, 0) is 6.54 Å². The SMILES string of the molecule is Cc1ccc(-c2noc(CNC3CNC3)n2)o1. The molecule has 3 rings (SSSR count). The first-order chi connectivity index (χ1) is 8.31. The predicted octanol–water partition coefficient (Wildman–Crippen LogP) is 0.699. The number of rotatable bonds is 4. The molecule has 0 radical (unpaired) electrons. The molecule has 1 saturated heterocycles. The van der Waals surface area contributed by atoms with Gasteiger partial charge in [0.2, 0.25) is 11.7 Å². The molecule has 0 amide bonds. The zero-order chi connectivity index (χ0) is 11.7. The Kier molecular flexibility index (Phi) is 2.66. The largest absolute Gasteiger partial charge is 0.458 e. The predicted molar refractivity (Wildman–Crippen MR) is 60.2 cm³/mol. The molecule has 0 aliphatic carbocycles. The summed E-state index contributed by atoms with van der Waals surface area (Å²) < 4.78 is 10.6. The molecule has 6 nitrogen and oxygen atoms in total. The fraction of sp³-hybridized carbons (Fsp3) is 0.455. The van der Waals surface area contributed by atoms with E-state index in [1.165, 1.54) is 0 Å². The van der Waals surface area contributed by atoms with Crippen molar-refractivity contribution in [3.63, 3.8) is 0 Å².